The summed E-state index contributed by atoms with van der Waals surface area (Å²) in [6, 6.07) is 8.04. The summed E-state index contributed by atoms with van der Waals surface area (Å²) in [5, 5.41) is 13.6. The highest BCUT2D eigenvalue weighted by atomic mass is 79.9. The van der Waals surface area contributed by atoms with E-state index in [9.17, 15) is 4.79 Å². The van der Waals surface area contributed by atoms with Gasteiger partial charge in [0.05, 0.1) is 18.2 Å². The zero-order chi connectivity index (χ0) is 15.6. The molecule has 2 rings (SSSR count). The van der Waals surface area contributed by atoms with E-state index in [-0.39, 0.29) is 0 Å². The molecule has 21 heavy (non-hydrogen) atoms. The van der Waals surface area contributed by atoms with Gasteiger partial charge < -0.3 is 5.11 Å². The summed E-state index contributed by atoms with van der Waals surface area (Å²) in [5.74, 6) is -1.17. The number of halogens is 1. The van der Waals surface area contributed by atoms with Crippen LogP contribution >= 0.6 is 15.9 Å². The summed E-state index contributed by atoms with van der Waals surface area (Å²) in [7, 11) is 0. The lowest BCUT2D eigenvalue weighted by Gasteiger charge is -2.09. The summed E-state index contributed by atoms with van der Waals surface area (Å²) in [6.45, 7) is 6.34. The van der Waals surface area contributed by atoms with Gasteiger partial charge in [-0.25, -0.2) is 0 Å². The molecule has 0 fully saturated rings. The fourth-order valence-corrected chi connectivity index (χ4v) is 2.77. The number of hydrogen-bond donors (Lipinski definition) is 1. The number of carboxylic acids is 1. The highest BCUT2D eigenvalue weighted by Gasteiger charge is 2.18. The van der Waals surface area contributed by atoms with E-state index in [4.69, 9.17) is 5.11 Å². The Bertz CT molecular complexity index is 664. The van der Waals surface area contributed by atoms with E-state index in [0.29, 0.717) is 13.0 Å². The molecule has 0 saturated carbocycles. The first kappa shape index (κ1) is 15.8. The lowest BCUT2D eigenvalue weighted by atomic mass is 10.00. The molecule has 1 heterocycles. The third-order valence-electron chi connectivity index (χ3n) is 3.74. The largest absolute Gasteiger partial charge is 0.481 e. The molecule has 2 aromatic rings. The minimum absolute atomic E-state index is 0.400. The number of benzene rings is 1. The van der Waals surface area contributed by atoms with Crippen LogP contribution in [0.1, 0.15) is 29.4 Å². The fraction of sp³-hybridized carbons (Fsp3) is 0.375. The highest BCUT2D eigenvalue weighted by molar-refractivity contribution is 9.10. The Morgan fingerprint density at radius 2 is 2.05 bits per heavy atom. The zero-order valence-electron chi connectivity index (χ0n) is 12.4. The maximum Gasteiger partial charge on any atom is 0.306 e. The first-order chi connectivity index (χ1) is 9.90. The van der Waals surface area contributed by atoms with Crippen molar-refractivity contribution in [3.8, 4) is 0 Å². The van der Waals surface area contributed by atoms with Crippen LogP contribution in [0.4, 0.5) is 0 Å². The van der Waals surface area contributed by atoms with E-state index in [2.05, 4.69) is 27.1 Å². The Morgan fingerprint density at radius 1 is 1.38 bits per heavy atom. The van der Waals surface area contributed by atoms with E-state index >= 15 is 0 Å². The SMILES string of the molecule is Cc1nn(Cc2ccccc2Br)c(C)c1CC(C)C(=O)O. The van der Waals surface area contributed by atoms with Crippen molar-refractivity contribution in [1.29, 1.82) is 0 Å². The van der Waals surface area contributed by atoms with Crippen LogP contribution in [0, 0.1) is 19.8 Å². The van der Waals surface area contributed by atoms with Crippen LogP contribution < -0.4 is 0 Å². The first-order valence-corrected chi connectivity index (χ1v) is 7.68. The monoisotopic (exact) mass is 350 g/mol. The Morgan fingerprint density at radius 3 is 2.67 bits per heavy atom. The molecule has 0 bridgehead atoms. The van der Waals surface area contributed by atoms with Gasteiger partial charge in [-0.3, -0.25) is 9.48 Å². The van der Waals surface area contributed by atoms with E-state index in [1.54, 1.807) is 6.92 Å². The number of nitrogens with zero attached hydrogens (tertiary/aromatic N) is 2. The van der Waals surface area contributed by atoms with Crippen molar-refractivity contribution in [2.24, 2.45) is 5.92 Å². The summed E-state index contributed by atoms with van der Waals surface area (Å²) in [6.07, 6.45) is 0.517. The Labute approximate surface area is 132 Å². The van der Waals surface area contributed by atoms with Crippen molar-refractivity contribution in [2.75, 3.05) is 0 Å². The first-order valence-electron chi connectivity index (χ1n) is 6.89. The topological polar surface area (TPSA) is 55.1 Å². The number of hydrogen-bond acceptors (Lipinski definition) is 2. The van der Waals surface area contributed by atoms with Gasteiger partial charge in [0.15, 0.2) is 0 Å². The van der Waals surface area contributed by atoms with Crippen LogP contribution in [0.3, 0.4) is 0 Å². The smallest absolute Gasteiger partial charge is 0.306 e. The Hall–Kier alpha value is -1.62. The predicted octanol–water partition coefficient (Wildman–Crippen LogP) is 3.57. The lowest BCUT2D eigenvalue weighted by Crippen LogP contribution is -2.13. The molecule has 1 unspecified atom stereocenters. The number of aliphatic carboxylic acids is 1. The third-order valence-corrected chi connectivity index (χ3v) is 4.51. The van der Waals surface area contributed by atoms with Crippen LogP contribution in [0.25, 0.3) is 0 Å². The third kappa shape index (κ3) is 3.53. The molecular weight excluding hydrogens is 332 g/mol. The Kier molecular flexibility index (Phi) is 4.83. The summed E-state index contributed by atoms with van der Waals surface area (Å²) >= 11 is 3.54. The number of aromatic nitrogens is 2. The van der Waals surface area contributed by atoms with E-state index in [1.165, 1.54) is 0 Å². The number of rotatable bonds is 5. The van der Waals surface area contributed by atoms with Gasteiger partial charge in [-0.1, -0.05) is 41.1 Å². The molecule has 1 atom stereocenters. The van der Waals surface area contributed by atoms with Crippen LogP contribution in [0.15, 0.2) is 28.7 Å². The molecule has 0 aliphatic carbocycles. The average Bonchev–Trinajstić information content (AvgIpc) is 2.69. The van der Waals surface area contributed by atoms with Gasteiger partial charge in [0.2, 0.25) is 0 Å². The summed E-state index contributed by atoms with van der Waals surface area (Å²) in [4.78, 5) is 11.0. The number of aryl methyl sites for hydroxylation is 1. The van der Waals surface area contributed by atoms with Crippen LogP contribution in [-0.2, 0) is 17.8 Å². The van der Waals surface area contributed by atoms with Gasteiger partial charge in [-0.15, -0.1) is 0 Å². The van der Waals surface area contributed by atoms with E-state index in [0.717, 1.165) is 27.0 Å². The van der Waals surface area contributed by atoms with Crippen LogP contribution in [-0.4, -0.2) is 20.9 Å². The van der Waals surface area contributed by atoms with Gasteiger partial charge in [-0.2, -0.15) is 5.10 Å². The van der Waals surface area contributed by atoms with Gasteiger partial charge in [0.25, 0.3) is 0 Å². The van der Waals surface area contributed by atoms with Crippen molar-refractivity contribution in [2.45, 2.75) is 33.7 Å². The molecule has 4 nitrogen and oxygen atoms in total. The second-order valence-electron chi connectivity index (χ2n) is 5.34. The standard InChI is InChI=1S/C16H19BrN2O2/c1-10(16(20)21)8-14-11(2)18-19(12(14)3)9-13-6-4-5-7-15(13)17/h4-7,10H,8-9H2,1-3H3,(H,20,21). The molecule has 5 heteroatoms. The normalized spacial score (nSPS) is 12.4. The fourth-order valence-electron chi connectivity index (χ4n) is 2.36. The van der Waals surface area contributed by atoms with Gasteiger partial charge in [0, 0.05) is 10.2 Å². The molecular formula is C16H19BrN2O2. The van der Waals surface area contributed by atoms with Crippen molar-refractivity contribution in [3.63, 3.8) is 0 Å². The molecule has 0 aliphatic heterocycles. The Balaban J connectivity index is 2.27. The van der Waals surface area contributed by atoms with Gasteiger partial charge >= 0.3 is 5.97 Å². The second kappa shape index (κ2) is 6.43. The minimum Gasteiger partial charge on any atom is -0.481 e. The van der Waals surface area contributed by atoms with Crippen molar-refractivity contribution < 1.29 is 9.90 Å². The molecule has 0 radical (unpaired) electrons. The van der Waals surface area contributed by atoms with Crippen molar-refractivity contribution in [3.05, 3.63) is 51.3 Å². The summed E-state index contributed by atoms with van der Waals surface area (Å²) < 4.78 is 3.00. The van der Waals surface area contributed by atoms with Crippen LogP contribution in [0.5, 0.6) is 0 Å². The molecule has 112 valence electrons. The molecule has 1 N–H and O–H groups in total. The number of carboxylic acid groups (broad SMARTS) is 1. The average molecular weight is 351 g/mol. The van der Waals surface area contributed by atoms with Crippen LogP contribution in [0.2, 0.25) is 0 Å². The van der Waals surface area contributed by atoms with Gasteiger partial charge in [0.1, 0.15) is 0 Å². The molecule has 0 aliphatic rings. The molecule has 0 saturated heterocycles. The van der Waals surface area contributed by atoms with E-state index in [1.807, 2.05) is 36.7 Å². The minimum atomic E-state index is -0.771. The maximum absolute atomic E-state index is 11.0. The van der Waals surface area contributed by atoms with E-state index < -0.39 is 11.9 Å². The number of carbonyl (C=O) groups is 1. The lowest BCUT2D eigenvalue weighted by molar-refractivity contribution is -0.141. The second-order valence-corrected chi connectivity index (χ2v) is 6.20. The van der Waals surface area contributed by atoms with Crippen molar-refractivity contribution >= 4 is 21.9 Å². The summed E-state index contributed by atoms with van der Waals surface area (Å²) in [5.41, 5.74) is 4.14. The molecule has 0 spiro atoms. The zero-order valence-corrected chi connectivity index (χ0v) is 14.0. The van der Waals surface area contributed by atoms with Crippen molar-refractivity contribution in [1.82, 2.24) is 9.78 Å². The molecule has 0 amide bonds. The highest BCUT2D eigenvalue weighted by Crippen LogP contribution is 2.21. The quantitative estimate of drug-likeness (QED) is 0.896. The van der Waals surface area contributed by atoms with Gasteiger partial charge in [-0.05, 0) is 37.5 Å². The molecule has 1 aromatic heterocycles. The predicted molar refractivity (Wildman–Crippen MR) is 85.4 cm³/mol. The molecule has 1 aromatic carbocycles. The maximum atomic E-state index is 11.0.